The summed E-state index contributed by atoms with van der Waals surface area (Å²) < 4.78 is 0. The molecule has 3 heteroatoms. The minimum absolute atomic E-state index is 0.0612. The second-order valence-corrected chi connectivity index (χ2v) is 8.23. The molecule has 0 spiro atoms. The Morgan fingerprint density at radius 3 is 1.77 bits per heavy atom. The van der Waals surface area contributed by atoms with E-state index in [0.29, 0.717) is 0 Å². The van der Waals surface area contributed by atoms with Crippen molar-refractivity contribution in [3.8, 4) is 0 Å². The molecule has 0 aliphatic carbocycles. The molecular formula is C23H20Br2O. The maximum absolute atomic E-state index is 12.8. The lowest BCUT2D eigenvalue weighted by atomic mass is 9.99. The zero-order valence-electron chi connectivity index (χ0n) is 14.3. The average Bonchev–Trinajstić information content (AvgIpc) is 2.72. The molecule has 3 aromatic carbocycles. The molecular weight excluding hydrogens is 452 g/mol. The zero-order valence-corrected chi connectivity index (χ0v) is 17.5. The monoisotopic (exact) mass is 470 g/mol. The number of benzene rings is 3. The van der Waals surface area contributed by atoms with Crippen molar-refractivity contribution in [1.29, 1.82) is 0 Å². The highest BCUT2D eigenvalue weighted by atomic mass is 79.9. The lowest BCUT2D eigenvalue weighted by Crippen LogP contribution is -2.19. The Morgan fingerprint density at radius 2 is 1.19 bits per heavy atom. The van der Waals surface area contributed by atoms with Crippen LogP contribution in [0, 0.1) is 0 Å². The molecule has 0 N–H and O–H groups in total. The van der Waals surface area contributed by atoms with E-state index in [1.807, 2.05) is 48.5 Å². The Labute approximate surface area is 171 Å². The van der Waals surface area contributed by atoms with E-state index >= 15 is 0 Å². The van der Waals surface area contributed by atoms with Gasteiger partial charge in [0.25, 0.3) is 0 Å². The van der Waals surface area contributed by atoms with E-state index < -0.39 is 0 Å². The van der Waals surface area contributed by atoms with Crippen molar-refractivity contribution in [3.63, 3.8) is 0 Å². The summed E-state index contributed by atoms with van der Waals surface area (Å²) in [5.41, 5.74) is 4.39. The molecule has 0 saturated heterocycles. The van der Waals surface area contributed by atoms with Crippen molar-refractivity contribution >= 4 is 37.6 Å². The van der Waals surface area contributed by atoms with Gasteiger partial charge in [-0.3, -0.25) is 4.79 Å². The second-order valence-electron chi connectivity index (χ2n) is 6.26. The zero-order chi connectivity index (χ0) is 18.4. The van der Waals surface area contributed by atoms with Gasteiger partial charge in [0, 0.05) is 5.56 Å². The third-order valence-electron chi connectivity index (χ3n) is 4.41. The summed E-state index contributed by atoms with van der Waals surface area (Å²) in [5.74, 6) is 0.0883. The first kappa shape index (κ1) is 19.1. The van der Waals surface area contributed by atoms with Gasteiger partial charge < -0.3 is 0 Å². The van der Waals surface area contributed by atoms with Gasteiger partial charge in [-0.25, -0.2) is 0 Å². The molecule has 0 unspecified atom stereocenters. The molecule has 0 aliphatic heterocycles. The molecule has 0 aliphatic rings. The summed E-state index contributed by atoms with van der Waals surface area (Å²) in [4.78, 5) is 12.4. The lowest BCUT2D eigenvalue weighted by molar-refractivity contribution is 0.0991. The number of carbonyl (C=O) groups is 1. The van der Waals surface area contributed by atoms with E-state index in [9.17, 15) is 4.79 Å². The molecule has 0 aromatic heterocycles. The molecule has 1 nitrogen and oxygen atoms in total. The van der Waals surface area contributed by atoms with Crippen LogP contribution in [0.25, 0.3) is 0 Å². The number of Topliss-reactive ketones (excluding diaryl/α,β-unsaturated/α-hetero) is 1. The molecule has 0 fully saturated rings. The maximum Gasteiger partial charge on any atom is 0.177 e. The van der Waals surface area contributed by atoms with Crippen LogP contribution in [0.5, 0.6) is 0 Å². The van der Waals surface area contributed by atoms with Crippen LogP contribution in [0.3, 0.4) is 0 Å². The Hall–Kier alpha value is -1.71. The van der Waals surface area contributed by atoms with Crippen molar-refractivity contribution in [2.24, 2.45) is 0 Å². The summed E-state index contributed by atoms with van der Waals surface area (Å²) in [5, 5.41) is 0. The summed E-state index contributed by atoms with van der Waals surface area (Å²) in [6, 6.07) is 28.4. The minimum Gasteiger partial charge on any atom is -0.293 e. The van der Waals surface area contributed by atoms with E-state index in [2.05, 4.69) is 68.3 Å². The Kier molecular flexibility index (Phi) is 6.81. The highest BCUT2D eigenvalue weighted by Gasteiger charge is 2.25. The largest absolute Gasteiger partial charge is 0.293 e. The van der Waals surface area contributed by atoms with Crippen molar-refractivity contribution in [2.75, 3.05) is 0 Å². The van der Waals surface area contributed by atoms with Crippen molar-refractivity contribution in [1.82, 2.24) is 0 Å². The number of hydrogen-bond acceptors (Lipinski definition) is 1. The second kappa shape index (κ2) is 9.29. The lowest BCUT2D eigenvalue weighted by Gasteiger charge is -2.16. The molecule has 0 radical (unpaired) electrons. The van der Waals surface area contributed by atoms with Gasteiger partial charge in [-0.1, -0.05) is 117 Å². The number of carbonyl (C=O) groups excluding carboxylic acids is 1. The van der Waals surface area contributed by atoms with Crippen LogP contribution in [-0.4, -0.2) is 10.6 Å². The first-order valence-electron chi connectivity index (χ1n) is 8.65. The molecule has 2 atom stereocenters. The molecule has 0 amide bonds. The summed E-state index contributed by atoms with van der Waals surface area (Å²) in [6.45, 7) is 0. The number of hydrogen-bond donors (Lipinski definition) is 0. The topological polar surface area (TPSA) is 17.1 Å². The third kappa shape index (κ3) is 4.93. The molecule has 26 heavy (non-hydrogen) atoms. The smallest absolute Gasteiger partial charge is 0.177 e. The fourth-order valence-corrected chi connectivity index (χ4v) is 3.98. The van der Waals surface area contributed by atoms with Crippen LogP contribution in [0.4, 0.5) is 0 Å². The van der Waals surface area contributed by atoms with Gasteiger partial charge in [-0.05, 0) is 29.5 Å². The summed E-state index contributed by atoms with van der Waals surface area (Å²) in [7, 11) is 0. The van der Waals surface area contributed by atoms with Crippen molar-refractivity contribution in [3.05, 3.63) is 107 Å². The standard InChI is InChI=1S/C23H20Br2O/c24-21(19-9-5-2-6-10-19)22(25)23(26)20-15-13-18(14-16-20)12-11-17-7-3-1-4-8-17/h1-10,13-16,21-22H,11-12H2/t21-,22-/m0/s1. The summed E-state index contributed by atoms with van der Waals surface area (Å²) >= 11 is 7.21. The predicted molar refractivity (Wildman–Crippen MR) is 115 cm³/mol. The molecule has 132 valence electrons. The Morgan fingerprint density at radius 1 is 0.692 bits per heavy atom. The van der Waals surface area contributed by atoms with Gasteiger partial charge in [-0.2, -0.15) is 0 Å². The van der Waals surface area contributed by atoms with Gasteiger partial charge >= 0.3 is 0 Å². The SMILES string of the molecule is O=C(c1ccc(CCc2ccccc2)cc1)[C@@H](Br)[C@@H](Br)c1ccccc1. The number of alkyl halides is 2. The van der Waals surface area contributed by atoms with Crippen molar-refractivity contribution < 1.29 is 4.79 Å². The summed E-state index contributed by atoms with van der Waals surface area (Å²) in [6.07, 6.45) is 1.98. The quantitative estimate of drug-likeness (QED) is 0.282. The van der Waals surface area contributed by atoms with Gasteiger partial charge in [0.1, 0.15) is 0 Å². The maximum atomic E-state index is 12.8. The van der Waals surface area contributed by atoms with Crippen LogP contribution in [0.2, 0.25) is 0 Å². The number of rotatable bonds is 7. The molecule has 3 aromatic rings. The highest BCUT2D eigenvalue weighted by molar-refractivity contribution is 9.12. The predicted octanol–water partition coefficient (Wildman–Crippen LogP) is 6.55. The molecule has 0 saturated carbocycles. The first-order chi connectivity index (χ1) is 12.6. The van der Waals surface area contributed by atoms with E-state index in [-0.39, 0.29) is 15.4 Å². The minimum atomic E-state index is -0.305. The van der Waals surface area contributed by atoms with E-state index in [1.54, 1.807) is 0 Å². The van der Waals surface area contributed by atoms with E-state index in [1.165, 1.54) is 11.1 Å². The van der Waals surface area contributed by atoms with Crippen LogP contribution in [0.15, 0.2) is 84.9 Å². The van der Waals surface area contributed by atoms with E-state index in [4.69, 9.17) is 0 Å². The fraction of sp³-hybridized carbons (Fsp3) is 0.174. The van der Waals surface area contributed by atoms with E-state index in [0.717, 1.165) is 24.0 Å². The number of halogens is 2. The first-order valence-corrected chi connectivity index (χ1v) is 10.5. The van der Waals surface area contributed by atoms with Crippen LogP contribution < -0.4 is 0 Å². The third-order valence-corrected chi connectivity index (χ3v) is 7.12. The van der Waals surface area contributed by atoms with Gasteiger partial charge in [-0.15, -0.1) is 0 Å². The number of aryl methyl sites for hydroxylation is 2. The molecule has 0 bridgehead atoms. The average molecular weight is 472 g/mol. The van der Waals surface area contributed by atoms with Crippen molar-refractivity contribution in [2.45, 2.75) is 22.5 Å². The fourth-order valence-electron chi connectivity index (χ4n) is 2.87. The Balaban J connectivity index is 1.63. The van der Waals surface area contributed by atoms with Crippen LogP contribution in [-0.2, 0) is 12.8 Å². The van der Waals surface area contributed by atoms with Crippen LogP contribution in [0.1, 0.15) is 31.9 Å². The molecule has 3 rings (SSSR count). The highest BCUT2D eigenvalue weighted by Crippen LogP contribution is 2.33. The van der Waals surface area contributed by atoms with Gasteiger partial charge in [0.2, 0.25) is 0 Å². The van der Waals surface area contributed by atoms with Gasteiger partial charge in [0.05, 0.1) is 9.65 Å². The van der Waals surface area contributed by atoms with Gasteiger partial charge in [0.15, 0.2) is 5.78 Å². The number of ketones is 1. The van der Waals surface area contributed by atoms with Crippen LogP contribution >= 0.6 is 31.9 Å². The normalized spacial score (nSPS) is 13.2. The molecule has 0 heterocycles. The Bertz CT molecular complexity index is 829.